The molecule has 3 rings (SSSR count). The van der Waals surface area contributed by atoms with Crippen molar-refractivity contribution in [2.45, 2.75) is 43.2 Å². The van der Waals surface area contributed by atoms with Crippen LogP contribution >= 0.6 is 0 Å². The molecular weight excluding hydrogens is 449 g/mol. The van der Waals surface area contributed by atoms with Gasteiger partial charge in [0.1, 0.15) is 5.56 Å². The Hall–Kier alpha value is -2.50. The van der Waals surface area contributed by atoms with Crippen LogP contribution in [0.15, 0.2) is 47.4 Å². The molecule has 0 aromatic heterocycles. The van der Waals surface area contributed by atoms with Crippen LogP contribution in [0.25, 0.3) is 0 Å². The summed E-state index contributed by atoms with van der Waals surface area (Å²) in [6.45, 7) is 0.0931. The van der Waals surface area contributed by atoms with Crippen LogP contribution in [0, 0.1) is 15.5 Å². The molecule has 174 valence electrons. The van der Waals surface area contributed by atoms with Crippen LogP contribution in [0.3, 0.4) is 0 Å². The highest BCUT2D eigenvalue weighted by atomic mass is 32.2. The highest BCUT2D eigenvalue weighted by Crippen LogP contribution is 2.43. The van der Waals surface area contributed by atoms with Crippen LogP contribution < -0.4 is 4.72 Å². The van der Waals surface area contributed by atoms with Gasteiger partial charge in [0, 0.05) is 19.2 Å². The van der Waals surface area contributed by atoms with Crippen molar-refractivity contribution < 1.29 is 31.6 Å². The van der Waals surface area contributed by atoms with Crippen molar-refractivity contribution in [3.8, 4) is 0 Å². The van der Waals surface area contributed by atoms with Gasteiger partial charge >= 0.3 is 6.18 Å². The zero-order valence-electron chi connectivity index (χ0n) is 17.1. The van der Waals surface area contributed by atoms with E-state index < -0.39 is 37.3 Å². The number of nitrogens with zero attached hydrogens (tertiary/aromatic N) is 1. The van der Waals surface area contributed by atoms with Crippen molar-refractivity contribution in [1.29, 1.82) is 0 Å². The third kappa shape index (κ3) is 5.45. The van der Waals surface area contributed by atoms with E-state index in [4.69, 9.17) is 5.11 Å². The van der Waals surface area contributed by atoms with E-state index in [2.05, 4.69) is 4.72 Å². The Balaban J connectivity index is 1.76. The number of aliphatic hydroxyl groups is 1. The molecule has 2 N–H and O–H groups in total. The molecule has 1 fully saturated rings. The third-order valence-corrected chi connectivity index (χ3v) is 7.23. The average molecular weight is 472 g/mol. The molecule has 0 heterocycles. The number of alkyl halides is 3. The van der Waals surface area contributed by atoms with E-state index in [0.717, 1.165) is 36.5 Å². The quantitative estimate of drug-likeness (QED) is 0.426. The summed E-state index contributed by atoms with van der Waals surface area (Å²) in [5, 5.41) is 19.9. The molecule has 32 heavy (non-hydrogen) atoms. The average Bonchev–Trinajstić information content (AvgIpc) is 2.70. The van der Waals surface area contributed by atoms with Crippen LogP contribution in [0.1, 0.15) is 36.0 Å². The van der Waals surface area contributed by atoms with E-state index in [-0.39, 0.29) is 18.6 Å². The van der Waals surface area contributed by atoms with E-state index in [9.17, 15) is 31.7 Å². The summed E-state index contributed by atoms with van der Waals surface area (Å²) < 4.78 is 67.4. The summed E-state index contributed by atoms with van der Waals surface area (Å²) in [6.07, 6.45) is -1.47. The van der Waals surface area contributed by atoms with E-state index in [1.54, 1.807) is 0 Å². The number of nitrogens with one attached hydrogen (secondary N) is 1. The fraction of sp³-hybridized carbons (Fsp3) is 0.429. The molecule has 7 nitrogen and oxygen atoms in total. The fourth-order valence-corrected chi connectivity index (χ4v) is 5.06. The summed E-state index contributed by atoms with van der Waals surface area (Å²) in [6, 6.07) is 9.31. The van der Waals surface area contributed by atoms with Crippen molar-refractivity contribution in [2.75, 3.05) is 13.2 Å². The molecule has 1 saturated carbocycles. The van der Waals surface area contributed by atoms with Crippen molar-refractivity contribution >= 4 is 15.7 Å². The minimum atomic E-state index is -5.06. The zero-order valence-corrected chi connectivity index (χ0v) is 17.9. The maximum Gasteiger partial charge on any atom is 0.423 e. The van der Waals surface area contributed by atoms with Gasteiger partial charge in [-0.1, -0.05) is 30.7 Å². The molecule has 0 spiro atoms. The lowest BCUT2D eigenvalue weighted by Crippen LogP contribution is -2.43. The number of hydrogen-bond acceptors (Lipinski definition) is 5. The van der Waals surface area contributed by atoms with Crippen LogP contribution in [0.5, 0.6) is 0 Å². The number of benzene rings is 2. The van der Waals surface area contributed by atoms with E-state index in [1.807, 2.05) is 24.3 Å². The van der Waals surface area contributed by atoms with Gasteiger partial charge in [-0.3, -0.25) is 10.1 Å². The standard InChI is InChI=1S/C21H23F3N2O5S/c22-21(23,24)18-12-17(6-7-19(18)26(28)29)32(30,31)25-14-20(9-1-10-20)13-16-4-2-15(3-5-16)8-11-27/h2-7,12,25,27H,1,8-11,13-14H2. The molecule has 0 radical (unpaired) electrons. The fourth-order valence-electron chi connectivity index (χ4n) is 3.88. The number of hydrogen-bond donors (Lipinski definition) is 2. The third-order valence-electron chi connectivity index (χ3n) is 5.83. The van der Waals surface area contributed by atoms with Crippen molar-refractivity contribution in [3.05, 3.63) is 69.3 Å². The van der Waals surface area contributed by atoms with Crippen molar-refractivity contribution in [2.24, 2.45) is 5.41 Å². The number of halogens is 3. The second-order valence-electron chi connectivity index (χ2n) is 8.08. The molecular formula is C21H23F3N2O5S. The minimum Gasteiger partial charge on any atom is -0.396 e. The molecule has 1 aliphatic carbocycles. The van der Waals surface area contributed by atoms with Crippen molar-refractivity contribution in [1.82, 2.24) is 4.72 Å². The predicted octanol–water partition coefficient (Wildman–Crippen LogP) is 3.84. The number of rotatable bonds is 9. The zero-order chi connectivity index (χ0) is 23.6. The SMILES string of the molecule is O=[N+]([O-])c1ccc(S(=O)(=O)NCC2(Cc3ccc(CCO)cc3)CCC2)cc1C(F)(F)F. The smallest absolute Gasteiger partial charge is 0.396 e. The summed E-state index contributed by atoms with van der Waals surface area (Å²) >= 11 is 0. The van der Waals surface area contributed by atoms with Gasteiger partial charge in [-0.15, -0.1) is 0 Å². The van der Waals surface area contributed by atoms with E-state index in [0.29, 0.717) is 25.0 Å². The summed E-state index contributed by atoms with van der Waals surface area (Å²) in [5.74, 6) is 0. The maximum absolute atomic E-state index is 13.2. The van der Waals surface area contributed by atoms with Crippen LogP contribution in [0.4, 0.5) is 18.9 Å². The van der Waals surface area contributed by atoms with Gasteiger partial charge in [0.25, 0.3) is 5.69 Å². The molecule has 2 aromatic rings. The number of nitro groups is 1. The van der Waals surface area contributed by atoms with Gasteiger partial charge in [0.2, 0.25) is 10.0 Å². The number of aliphatic hydroxyl groups excluding tert-OH is 1. The second kappa shape index (κ2) is 9.16. The second-order valence-corrected chi connectivity index (χ2v) is 9.85. The van der Waals surface area contributed by atoms with E-state index in [1.165, 1.54) is 0 Å². The Labute approximate surface area is 183 Å². The first-order valence-electron chi connectivity index (χ1n) is 10.00. The molecule has 1 aliphatic rings. The first-order valence-corrected chi connectivity index (χ1v) is 11.5. The highest BCUT2D eigenvalue weighted by Gasteiger charge is 2.41. The Morgan fingerprint density at radius 2 is 1.72 bits per heavy atom. The van der Waals surface area contributed by atoms with Gasteiger partial charge in [0.05, 0.1) is 9.82 Å². The van der Waals surface area contributed by atoms with Gasteiger partial charge in [-0.2, -0.15) is 13.2 Å². The monoisotopic (exact) mass is 472 g/mol. The maximum atomic E-state index is 13.2. The summed E-state index contributed by atoms with van der Waals surface area (Å²) in [4.78, 5) is 9.03. The molecule has 0 bridgehead atoms. The predicted molar refractivity (Wildman–Crippen MR) is 111 cm³/mol. The Kier molecular flexibility index (Phi) is 6.91. The largest absolute Gasteiger partial charge is 0.423 e. The molecule has 0 amide bonds. The molecule has 0 atom stereocenters. The molecule has 0 unspecified atom stereocenters. The minimum absolute atomic E-state index is 0.0454. The Morgan fingerprint density at radius 3 is 2.22 bits per heavy atom. The lowest BCUT2D eigenvalue weighted by molar-refractivity contribution is -0.388. The van der Waals surface area contributed by atoms with Crippen LogP contribution in [-0.2, 0) is 29.0 Å². The Morgan fingerprint density at radius 1 is 1.09 bits per heavy atom. The molecule has 0 saturated heterocycles. The van der Waals surface area contributed by atoms with Gasteiger partial charge in [-0.05, 0) is 54.4 Å². The summed E-state index contributed by atoms with van der Waals surface area (Å²) in [7, 11) is -4.30. The first kappa shape index (κ1) is 24.1. The van der Waals surface area contributed by atoms with Crippen LogP contribution in [-0.4, -0.2) is 31.6 Å². The molecule has 0 aliphatic heterocycles. The summed E-state index contributed by atoms with van der Waals surface area (Å²) in [5.41, 5.74) is -1.17. The van der Waals surface area contributed by atoms with Crippen LogP contribution in [0.2, 0.25) is 0 Å². The van der Waals surface area contributed by atoms with Gasteiger partial charge in [0.15, 0.2) is 0 Å². The van der Waals surface area contributed by atoms with Crippen molar-refractivity contribution in [3.63, 3.8) is 0 Å². The molecule has 11 heteroatoms. The first-order chi connectivity index (χ1) is 15.0. The lowest BCUT2D eigenvalue weighted by atomic mass is 9.65. The topological polar surface area (TPSA) is 110 Å². The Bertz CT molecular complexity index is 1080. The van der Waals surface area contributed by atoms with Gasteiger partial charge < -0.3 is 5.11 Å². The lowest BCUT2D eigenvalue weighted by Gasteiger charge is -2.42. The highest BCUT2D eigenvalue weighted by molar-refractivity contribution is 7.89. The number of sulfonamides is 1. The van der Waals surface area contributed by atoms with E-state index >= 15 is 0 Å². The normalized spacial score (nSPS) is 15.9. The van der Waals surface area contributed by atoms with Gasteiger partial charge in [-0.25, -0.2) is 13.1 Å². The molecule has 2 aromatic carbocycles. The number of nitro benzene ring substituents is 1.